The number of benzene rings is 1. The fraction of sp³-hybridized carbons (Fsp3) is 0.500. The first-order valence-corrected chi connectivity index (χ1v) is 10.1. The lowest BCUT2D eigenvalue weighted by Crippen LogP contribution is -2.30. The topological polar surface area (TPSA) is 64.4 Å². The zero-order valence-electron chi connectivity index (χ0n) is 14.7. The Labute approximate surface area is 161 Å². The van der Waals surface area contributed by atoms with E-state index in [1.165, 1.54) is 11.8 Å². The van der Waals surface area contributed by atoms with E-state index in [-0.39, 0.29) is 17.2 Å². The number of carbonyl (C=O) groups excluding carboxylic acids is 1. The van der Waals surface area contributed by atoms with Crippen molar-refractivity contribution in [2.45, 2.75) is 31.0 Å². The summed E-state index contributed by atoms with van der Waals surface area (Å²) in [6.45, 7) is 2.70. The Kier molecular flexibility index (Phi) is 6.56. The van der Waals surface area contributed by atoms with Crippen LogP contribution in [0.1, 0.15) is 19.3 Å². The zero-order chi connectivity index (χ0) is 18.5. The summed E-state index contributed by atoms with van der Waals surface area (Å²) in [5.74, 6) is 0.374. The summed E-state index contributed by atoms with van der Waals surface area (Å²) in [6.07, 6.45) is 2.82. The monoisotopic (exact) mass is 395 g/mol. The molecule has 8 heteroatoms. The molecule has 3 rings (SSSR count). The predicted octanol–water partition coefficient (Wildman–Crippen LogP) is 2.80. The highest BCUT2D eigenvalue weighted by molar-refractivity contribution is 7.99. The van der Waals surface area contributed by atoms with E-state index in [9.17, 15) is 9.59 Å². The van der Waals surface area contributed by atoms with Gasteiger partial charge in [0, 0.05) is 38.4 Å². The van der Waals surface area contributed by atoms with Crippen LogP contribution in [0.25, 0.3) is 10.9 Å². The summed E-state index contributed by atoms with van der Waals surface area (Å²) in [7, 11) is 1.63. The maximum absolute atomic E-state index is 12.9. The van der Waals surface area contributed by atoms with E-state index in [4.69, 9.17) is 16.3 Å². The summed E-state index contributed by atoms with van der Waals surface area (Å²) in [5.41, 5.74) is 0.445. The molecule has 1 aromatic carbocycles. The number of hydrogen-bond acceptors (Lipinski definition) is 5. The second-order valence-electron chi connectivity index (χ2n) is 6.24. The van der Waals surface area contributed by atoms with Gasteiger partial charge < -0.3 is 9.64 Å². The molecule has 1 fully saturated rings. The van der Waals surface area contributed by atoms with Gasteiger partial charge in [-0.3, -0.25) is 14.2 Å². The largest absolute Gasteiger partial charge is 0.385 e. The summed E-state index contributed by atoms with van der Waals surface area (Å²) in [5, 5.41) is 1.61. The van der Waals surface area contributed by atoms with Crippen LogP contribution in [0.4, 0.5) is 0 Å². The molecule has 0 saturated carbocycles. The van der Waals surface area contributed by atoms with E-state index in [1.807, 2.05) is 4.90 Å². The van der Waals surface area contributed by atoms with Crippen molar-refractivity contribution in [3.05, 3.63) is 33.6 Å². The minimum atomic E-state index is -0.112. The molecule has 26 heavy (non-hydrogen) atoms. The van der Waals surface area contributed by atoms with Gasteiger partial charge >= 0.3 is 0 Å². The number of hydrogen-bond donors (Lipinski definition) is 0. The van der Waals surface area contributed by atoms with Crippen LogP contribution in [0.15, 0.2) is 28.2 Å². The zero-order valence-corrected chi connectivity index (χ0v) is 16.3. The Morgan fingerprint density at radius 3 is 2.85 bits per heavy atom. The molecule has 2 heterocycles. The predicted molar refractivity (Wildman–Crippen MR) is 104 cm³/mol. The van der Waals surface area contributed by atoms with Crippen molar-refractivity contribution in [3.63, 3.8) is 0 Å². The number of nitrogens with zero attached hydrogens (tertiary/aromatic N) is 3. The third-order valence-electron chi connectivity index (χ3n) is 4.40. The second-order valence-corrected chi connectivity index (χ2v) is 7.61. The number of thioether (sulfide) groups is 1. The number of likely N-dealkylation sites (tertiary alicyclic amines) is 1. The fourth-order valence-corrected chi connectivity index (χ4v) is 4.13. The minimum absolute atomic E-state index is 0.0939. The van der Waals surface area contributed by atoms with Gasteiger partial charge in [-0.1, -0.05) is 23.4 Å². The first-order valence-electron chi connectivity index (χ1n) is 8.70. The van der Waals surface area contributed by atoms with Crippen LogP contribution in [0.2, 0.25) is 5.02 Å². The molecule has 0 aliphatic carbocycles. The summed E-state index contributed by atoms with van der Waals surface area (Å²) in [4.78, 5) is 31.7. The number of carbonyl (C=O) groups is 1. The molecular formula is C18H22ClN3O3S. The van der Waals surface area contributed by atoms with Crippen LogP contribution in [0.3, 0.4) is 0 Å². The van der Waals surface area contributed by atoms with Crippen LogP contribution in [-0.2, 0) is 16.1 Å². The molecular weight excluding hydrogens is 374 g/mol. The molecule has 1 aliphatic heterocycles. The minimum Gasteiger partial charge on any atom is -0.385 e. The Morgan fingerprint density at radius 1 is 1.35 bits per heavy atom. The normalized spacial score (nSPS) is 14.3. The molecule has 6 nitrogen and oxygen atoms in total. The van der Waals surface area contributed by atoms with Crippen molar-refractivity contribution in [2.24, 2.45) is 0 Å². The standard InChI is InChI=1S/C18H22ClN3O3S/c1-25-10-4-9-22-17(24)14-6-5-13(19)11-15(14)20-18(22)26-12-16(23)21-7-2-3-8-21/h5-6,11H,2-4,7-10,12H2,1H3. The van der Waals surface area contributed by atoms with Gasteiger partial charge in [0.1, 0.15) is 0 Å². The average Bonchev–Trinajstić information content (AvgIpc) is 3.16. The maximum Gasteiger partial charge on any atom is 0.262 e. The number of halogens is 1. The molecule has 1 aliphatic rings. The van der Waals surface area contributed by atoms with E-state index in [1.54, 1.807) is 29.9 Å². The molecule has 140 valence electrons. The van der Waals surface area contributed by atoms with E-state index in [0.29, 0.717) is 40.7 Å². The fourth-order valence-electron chi connectivity index (χ4n) is 3.03. The lowest BCUT2D eigenvalue weighted by atomic mass is 10.2. The lowest BCUT2D eigenvalue weighted by Gasteiger charge is -2.16. The third kappa shape index (κ3) is 4.39. The first-order chi connectivity index (χ1) is 12.6. The van der Waals surface area contributed by atoms with Crippen LogP contribution in [0, 0.1) is 0 Å². The highest BCUT2D eigenvalue weighted by Crippen LogP contribution is 2.21. The number of methoxy groups -OCH3 is 1. The number of aromatic nitrogens is 2. The molecule has 0 atom stereocenters. The summed E-state index contributed by atoms with van der Waals surface area (Å²) in [6, 6.07) is 5.07. The Bertz CT molecular complexity index is 849. The molecule has 2 aromatic rings. The summed E-state index contributed by atoms with van der Waals surface area (Å²) < 4.78 is 6.73. The third-order valence-corrected chi connectivity index (χ3v) is 5.59. The van der Waals surface area contributed by atoms with Crippen molar-refractivity contribution in [2.75, 3.05) is 32.6 Å². The van der Waals surface area contributed by atoms with Crippen molar-refractivity contribution in [3.8, 4) is 0 Å². The van der Waals surface area contributed by atoms with Gasteiger partial charge in [-0.2, -0.15) is 0 Å². The Hall–Kier alpha value is -1.57. The van der Waals surface area contributed by atoms with Crippen molar-refractivity contribution < 1.29 is 9.53 Å². The second kappa shape index (κ2) is 8.88. The van der Waals surface area contributed by atoms with Crippen molar-refractivity contribution >= 4 is 40.2 Å². The van der Waals surface area contributed by atoms with Gasteiger partial charge in [0.2, 0.25) is 5.91 Å². The Balaban J connectivity index is 1.88. The van der Waals surface area contributed by atoms with Gasteiger partial charge in [0.05, 0.1) is 16.7 Å². The highest BCUT2D eigenvalue weighted by atomic mass is 35.5. The molecule has 0 bridgehead atoms. The highest BCUT2D eigenvalue weighted by Gasteiger charge is 2.19. The quantitative estimate of drug-likeness (QED) is 0.410. The molecule has 0 unspecified atom stereocenters. The van der Waals surface area contributed by atoms with Crippen molar-refractivity contribution in [1.29, 1.82) is 0 Å². The van der Waals surface area contributed by atoms with E-state index in [0.717, 1.165) is 25.9 Å². The molecule has 0 spiro atoms. The Morgan fingerprint density at radius 2 is 2.12 bits per heavy atom. The molecule has 1 amide bonds. The van der Waals surface area contributed by atoms with E-state index >= 15 is 0 Å². The number of fused-ring (bicyclic) bond motifs is 1. The summed E-state index contributed by atoms with van der Waals surface area (Å²) >= 11 is 7.36. The molecule has 0 radical (unpaired) electrons. The van der Waals surface area contributed by atoms with Gasteiger partial charge in [-0.15, -0.1) is 0 Å². The molecule has 0 N–H and O–H groups in total. The number of ether oxygens (including phenoxy) is 1. The van der Waals surface area contributed by atoms with Crippen LogP contribution in [0.5, 0.6) is 0 Å². The number of amides is 1. The molecule has 1 saturated heterocycles. The average molecular weight is 396 g/mol. The molecule has 1 aromatic heterocycles. The lowest BCUT2D eigenvalue weighted by molar-refractivity contribution is -0.127. The maximum atomic E-state index is 12.9. The van der Waals surface area contributed by atoms with E-state index in [2.05, 4.69) is 4.98 Å². The van der Waals surface area contributed by atoms with Crippen molar-refractivity contribution in [1.82, 2.24) is 14.5 Å². The van der Waals surface area contributed by atoms with Gasteiger partial charge in [-0.05, 0) is 37.5 Å². The smallest absolute Gasteiger partial charge is 0.262 e. The van der Waals surface area contributed by atoms with Gasteiger partial charge in [0.25, 0.3) is 5.56 Å². The van der Waals surface area contributed by atoms with Gasteiger partial charge in [0.15, 0.2) is 5.16 Å². The van der Waals surface area contributed by atoms with Crippen LogP contribution >= 0.6 is 23.4 Å². The van der Waals surface area contributed by atoms with Crippen LogP contribution in [-0.4, -0.2) is 52.9 Å². The van der Waals surface area contributed by atoms with E-state index < -0.39 is 0 Å². The number of rotatable bonds is 7. The SMILES string of the molecule is COCCCn1c(SCC(=O)N2CCCC2)nc2cc(Cl)ccc2c1=O. The first kappa shape index (κ1) is 19.2. The van der Waals surface area contributed by atoms with Gasteiger partial charge in [-0.25, -0.2) is 4.98 Å². The van der Waals surface area contributed by atoms with Crippen LogP contribution < -0.4 is 5.56 Å².